The molecule has 0 spiro atoms. The van der Waals surface area contributed by atoms with Crippen LogP contribution in [0, 0.1) is 0 Å². The van der Waals surface area contributed by atoms with Crippen LogP contribution < -0.4 is 30.1 Å². The van der Waals surface area contributed by atoms with Gasteiger partial charge in [0.2, 0.25) is 5.95 Å². The van der Waals surface area contributed by atoms with Crippen LogP contribution in [-0.2, 0) is 16.6 Å². The summed E-state index contributed by atoms with van der Waals surface area (Å²) >= 11 is 3.50. The Hall–Kier alpha value is -3.83. The average Bonchev–Trinajstić information content (AvgIpc) is 3.07. The molecule has 6 rings (SSSR count). The number of ether oxygens (including phenoxy) is 1. The van der Waals surface area contributed by atoms with Gasteiger partial charge in [-0.25, -0.2) is 10.1 Å². The molecular formula is C31H40BrN11O3S. The van der Waals surface area contributed by atoms with E-state index in [9.17, 15) is 8.42 Å². The van der Waals surface area contributed by atoms with Gasteiger partial charge in [-0.05, 0) is 66.0 Å². The van der Waals surface area contributed by atoms with Crippen LogP contribution in [0.1, 0.15) is 25.3 Å². The van der Waals surface area contributed by atoms with Crippen LogP contribution in [0.5, 0.6) is 5.75 Å². The van der Waals surface area contributed by atoms with Crippen LogP contribution >= 0.6 is 15.9 Å². The largest absolute Gasteiger partial charge is 0.494 e. The summed E-state index contributed by atoms with van der Waals surface area (Å²) < 4.78 is 32.8. The number of halogens is 1. The van der Waals surface area contributed by atoms with Crippen molar-refractivity contribution in [2.75, 3.05) is 73.7 Å². The first-order chi connectivity index (χ1) is 22.6. The van der Waals surface area contributed by atoms with Crippen molar-refractivity contribution < 1.29 is 13.2 Å². The van der Waals surface area contributed by atoms with Gasteiger partial charge < -0.3 is 25.2 Å². The standard InChI is InChI=1S/C31H40BrN11O3S/c1-4-20-17-25(27(46-3)18-26(20)43-11-7-21(8-12-43)42-15-13-41(2)14-16-42)38-31-36-19-22(32)30(39-31)37-24-6-5-23-28(35-10-9-34-23)29(24)40-47(33,44)45/h5-6,9-10,17-19,21,40H,4,7-8,11-16H2,1-3H3,(H2,33,44,45)(H2,36,37,38,39). The molecule has 250 valence electrons. The summed E-state index contributed by atoms with van der Waals surface area (Å²) in [6.07, 6.45) is 7.76. The summed E-state index contributed by atoms with van der Waals surface area (Å²) in [5.74, 6) is 1.39. The number of fused-ring (bicyclic) bond motifs is 1. The highest BCUT2D eigenvalue weighted by Gasteiger charge is 2.28. The lowest BCUT2D eigenvalue weighted by Gasteiger charge is -2.43. The van der Waals surface area contributed by atoms with Gasteiger partial charge in [-0.15, -0.1) is 0 Å². The Morgan fingerprint density at radius 1 is 1.00 bits per heavy atom. The van der Waals surface area contributed by atoms with Crippen molar-refractivity contribution in [2.24, 2.45) is 5.14 Å². The van der Waals surface area contributed by atoms with Gasteiger partial charge in [0.25, 0.3) is 10.2 Å². The summed E-state index contributed by atoms with van der Waals surface area (Å²) in [5.41, 5.74) is 4.49. The van der Waals surface area contributed by atoms with E-state index in [2.05, 4.69) is 92.0 Å². The number of likely N-dealkylation sites (N-methyl/N-ethyl adjacent to an activating group) is 1. The first kappa shape index (κ1) is 33.1. The monoisotopic (exact) mass is 725 g/mol. The zero-order valence-corrected chi connectivity index (χ0v) is 29.1. The van der Waals surface area contributed by atoms with E-state index < -0.39 is 10.2 Å². The molecule has 2 aliphatic heterocycles. The highest BCUT2D eigenvalue weighted by Crippen LogP contribution is 2.38. The fourth-order valence-corrected chi connectivity index (χ4v) is 7.05. The Morgan fingerprint density at radius 3 is 2.45 bits per heavy atom. The molecule has 16 heteroatoms. The van der Waals surface area contributed by atoms with Gasteiger partial charge in [-0.1, -0.05) is 6.92 Å². The predicted molar refractivity (Wildman–Crippen MR) is 189 cm³/mol. The molecule has 4 heterocycles. The smallest absolute Gasteiger partial charge is 0.296 e. The number of nitrogens with zero attached hydrogens (tertiary/aromatic N) is 7. The minimum Gasteiger partial charge on any atom is -0.494 e. The molecule has 0 aliphatic carbocycles. The van der Waals surface area contributed by atoms with E-state index >= 15 is 0 Å². The van der Waals surface area contributed by atoms with Crippen LogP contribution in [0.2, 0.25) is 0 Å². The molecule has 0 radical (unpaired) electrons. The van der Waals surface area contributed by atoms with Crippen molar-refractivity contribution in [1.29, 1.82) is 0 Å². The lowest BCUT2D eigenvalue weighted by molar-refractivity contribution is 0.0982. The molecule has 2 fully saturated rings. The molecule has 5 N–H and O–H groups in total. The van der Waals surface area contributed by atoms with Crippen molar-refractivity contribution >= 4 is 71.7 Å². The van der Waals surface area contributed by atoms with E-state index in [-0.39, 0.29) is 5.69 Å². The highest BCUT2D eigenvalue weighted by molar-refractivity contribution is 9.10. The molecule has 0 bridgehead atoms. The Bertz CT molecular complexity index is 1850. The Labute approximate surface area is 283 Å². The van der Waals surface area contributed by atoms with Crippen LogP contribution in [-0.4, -0.2) is 97.6 Å². The number of benzene rings is 2. The second kappa shape index (κ2) is 14.1. The molecule has 0 saturated carbocycles. The van der Waals surface area contributed by atoms with Crippen LogP contribution in [0.4, 0.5) is 34.5 Å². The van der Waals surface area contributed by atoms with E-state index in [1.165, 1.54) is 23.6 Å². The Morgan fingerprint density at radius 2 is 1.74 bits per heavy atom. The maximum atomic E-state index is 12.0. The highest BCUT2D eigenvalue weighted by atomic mass is 79.9. The van der Waals surface area contributed by atoms with Gasteiger partial charge >= 0.3 is 0 Å². The van der Waals surface area contributed by atoms with Crippen molar-refractivity contribution in [3.05, 3.63) is 52.9 Å². The Kier molecular flexibility index (Phi) is 9.93. The summed E-state index contributed by atoms with van der Waals surface area (Å²) in [5, 5.41) is 11.8. The second-order valence-corrected chi connectivity index (χ2v) is 13.9. The number of anilines is 6. The zero-order valence-electron chi connectivity index (χ0n) is 26.7. The van der Waals surface area contributed by atoms with Gasteiger partial charge in [0.05, 0.1) is 28.5 Å². The lowest BCUT2D eigenvalue weighted by Crippen LogP contribution is -2.52. The van der Waals surface area contributed by atoms with E-state index in [0.717, 1.165) is 64.2 Å². The SMILES string of the molecule is CCc1cc(Nc2ncc(Br)c(Nc3ccc4nccnc4c3NS(N)(=O)=O)n2)c(OC)cc1N1CCC(N2CCN(C)CC2)CC1. The van der Waals surface area contributed by atoms with Gasteiger partial charge in [0.1, 0.15) is 22.8 Å². The number of piperidine rings is 1. The minimum absolute atomic E-state index is 0.149. The van der Waals surface area contributed by atoms with Crippen molar-refractivity contribution in [3.63, 3.8) is 0 Å². The number of aromatic nitrogens is 4. The molecule has 47 heavy (non-hydrogen) atoms. The minimum atomic E-state index is -4.11. The summed E-state index contributed by atoms with van der Waals surface area (Å²) in [6, 6.07) is 8.25. The van der Waals surface area contributed by atoms with E-state index in [1.807, 2.05) is 0 Å². The molecule has 2 aliphatic rings. The maximum absolute atomic E-state index is 12.0. The van der Waals surface area contributed by atoms with Crippen LogP contribution in [0.3, 0.4) is 0 Å². The predicted octanol–water partition coefficient (Wildman–Crippen LogP) is 4.07. The number of hydrogen-bond acceptors (Lipinski definition) is 12. The average molecular weight is 727 g/mol. The third kappa shape index (κ3) is 7.67. The molecular weight excluding hydrogens is 686 g/mol. The number of nitrogens with two attached hydrogens (primary N) is 1. The first-order valence-corrected chi connectivity index (χ1v) is 17.9. The van der Waals surface area contributed by atoms with Gasteiger partial charge in [0.15, 0.2) is 0 Å². The number of piperazine rings is 1. The number of methoxy groups -OCH3 is 1. The molecule has 2 aromatic heterocycles. The van der Waals surface area contributed by atoms with Crippen LogP contribution in [0.15, 0.2) is 47.3 Å². The fourth-order valence-electron chi connectivity index (χ4n) is 6.27. The summed E-state index contributed by atoms with van der Waals surface area (Å²) in [6.45, 7) is 8.75. The van der Waals surface area contributed by atoms with E-state index in [1.54, 1.807) is 25.4 Å². The van der Waals surface area contributed by atoms with Crippen LogP contribution in [0.25, 0.3) is 11.0 Å². The number of rotatable bonds is 10. The lowest BCUT2D eigenvalue weighted by atomic mass is 9.99. The molecule has 4 aromatic rings. The van der Waals surface area contributed by atoms with E-state index in [4.69, 9.17) is 9.88 Å². The second-order valence-electron chi connectivity index (χ2n) is 11.8. The van der Waals surface area contributed by atoms with Crippen molar-refractivity contribution in [2.45, 2.75) is 32.2 Å². The molecule has 0 amide bonds. The van der Waals surface area contributed by atoms with Crippen molar-refractivity contribution in [3.8, 4) is 5.75 Å². The molecule has 2 saturated heterocycles. The number of aryl methyl sites for hydroxylation is 1. The van der Waals surface area contributed by atoms with Gasteiger partial charge in [-0.3, -0.25) is 19.6 Å². The topological polar surface area (TPSA) is 167 Å². The molecule has 0 atom stereocenters. The number of nitrogens with one attached hydrogen (secondary N) is 3. The zero-order chi connectivity index (χ0) is 33.1. The number of hydrogen-bond donors (Lipinski definition) is 4. The van der Waals surface area contributed by atoms with Crippen molar-refractivity contribution in [1.82, 2.24) is 29.7 Å². The van der Waals surface area contributed by atoms with Gasteiger partial charge in [0, 0.05) is 75.7 Å². The summed E-state index contributed by atoms with van der Waals surface area (Å²) in [4.78, 5) is 25.3. The molecule has 0 unspecified atom stereocenters. The first-order valence-electron chi connectivity index (χ1n) is 15.6. The molecule has 14 nitrogen and oxygen atoms in total. The normalized spacial score (nSPS) is 16.7. The van der Waals surface area contributed by atoms with Gasteiger partial charge in [-0.2, -0.15) is 13.4 Å². The molecule has 2 aromatic carbocycles. The maximum Gasteiger partial charge on any atom is 0.296 e. The fraction of sp³-hybridized carbons (Fsp3) is 0.419. The van der Waals surface area contributed by atoms with E-state index in [0.29, 0.717) is 44.8 Å². The Balaban J connectivity index is 1.22. The quantitative estimate of drug-likeness (QED) is 0.185. The third-order valence-corrected chi connectivity index (χ3v) is 9.84. The third-order valence-electron chi connectivity index (χ3n) is 8.77. The summed E-state index contributed by atoms with van der Waals surface area (Å²) in [7, 11) is -0.253.